The molecule has 1 amide bonds. The van der Waals surface area contributed by atoms with Gasteiger partial charge in [0.25, 0.3) is 0 Å². The summed E-state index contributed by atoms with van der Waals surface area (Å²) in [6.07, 6.45) is 6.58. The molecule has 0 spiro atoms. The Bertz CT molecular complexity index is 358. The monoisotopic (exact) mass is 237 g/mol. The molecule has 1 aromatic rings. The number of nitrogens with zero attached hydrogens (tertiary/aromatic N) is 3. The molecule has 16 heavy (non-hydrogen) atoms. The van der Waals surface area contributed by atoms with Gasteiger partial charge < -0.3 is 4.90 Å². The highest BCUT2D eigenvalue weighted by Gasteiger charge is 2.27. The van der Waals surface area contributed by atoms with E-state index < -0.39 is 0 Å². The predicted molar refractivity (Wildman–Crippen MR) is 64.3 cm³/mol. The van der Waals surface area contributed by atoms with Crippen molar-refractivity contribution in [3.63, 3.8) is 0 Å². The topological polar surface area (TPSA) is 46.1 Å². The average Bonchev–Trinajstić information content (AvgIpc) is 2.69. The zero-order chi connectivity index (χ0) is 11.4. The maximum absolute atomic E-state index is 11.6. The van der Waals surface area contributed by atoms with E-state index in [1.165, 1.54) is 6.33 Å². The molecule has 2 rings (SSSR count). The second kappa shape index (κ2) is 5.30. The van der Waals surface area contributed by atoms with Crippen molar-refractivity contribution in [3.05, 3.63) is 24.3 Å². The van der Waals surface area contributed by atoms with Gasteiger partial charge in [0.1, 0.15) is 6.33 Å². The molecule has 1 fully saturated rings. The van der Waals surface area contributed by atoms with Gasteiger partial charge >= 0.3 is 0 Å². The van der Waals surface area contributed by atoms with Crippen LogP contribution in [0.2, 0.25) is 0 Å². The quantitative estimate of drug-likeness (QED) is 0.788. The number of thiol groups is 1. The molecule has 1 saturated heterocycles. The highest BCUT2D eigenvalue weighted by Crippen LogP contribution is 2.18. The summed E-state index contributed by atoms with van der Waals surface area (Å²) < 4.78 is 0. The fourth-order valence-electron chi connectivity index (χ4n) is 1.92. The predicted octanol–water partition coefficient (Wildman–Crippen LogP) is 0.797. The largest absolute Gasteiger partial charge is 0.342 e. The van der Waals surface area contributed by atoms with Gasteiger partial charge in [-0.3, -0.25) is 4.79 Å². The summed E-state index contributed by atoms with van der Waals surface area (Å²) in [5, 5.41) is 0. The zero-order valence-corrected chi connectivity index (χ0v) is 9.94. The second-order valence-electron chi connectivity index (χ2n) is 4.09. The maximum Gasteiger partial charge on any atom is 0.222 e. The van der Waals surface area contributed by atoms with Crippen LogP contribution in [-0.2, 0) is 11.2 Å². The van der Waals surface area contributed by atoms with Gasteiger partial charge in [-0.05, 0) is 23.7 Å². The van der Waals surface area contributed by atoms with E-state index in [4.69, 9.17) is 0 Å². The summed E-state index contributed by atoms with van der Waals surface area (Å²) >= 11 is 4.24. The Morgan fingerprint density at radius 2 is 2.19 bits per heavy atom. The van der Waals surface area contributed by atoms with Crippen LogP contribution < -0.4 is 0 Å². The molecular formula is C11H15N3OS. The van der Waals surface area contributed by atoms with Gasteiger partial charge in [-0.25, -0.2) is 9.97 Å². The Morgan fingerprint density at radius 1 is 1.44 bits per heavy atom. The van der Waals surface area contributed by atoms with Crippen molar-refractivity contribution in [2.45, 2.75) is 12.8 Å². The zero-order valence-electron chi connectivity index (χ0n) is 9.04. The molecular weight excluding hydrogens is 222 g/mol. The van der Waals surface area contributed by atoms with E-state index in [-0.39, 0.29) is 5.91 Å². The minimum Gasteiger partial charge on any atom is -0.342 e. The molecule has 1 aliphatic heterocycles. The summed E-state index contributed by atoms with van der Waals surface area (Å²) in [4.78, 5) is 21.4. The number of carbonyl (C=O) groups excluding carboxylic acids is 1. The van der Waals surface area contributed by atoms with Crippen molar-refractivity contribution in [2.75, 3.05) is 18.8 Å². The van der Waals surface area contributed by atoms with E-state index >= 15 is 0 Å². The third-order valence-electron chi connectivity index (χ3n) is 2.84. The SMILES string of the molecule is O=C1CC(CS)CN1CCc1cncnc1. The minimum absolute atomic E-state index is 0.246. The van der Waals surface area contributed by atoms with Gasteiger partial charge in [-0.15, -0.1) is 0 Å². The van der Waals surface area contributed by atoms with Crippen LogP contribution in [0.25, 0.3) is 0 Å². The smallest absolute Gasteiger partial charge is 0.222 e. The molecule has 0 N–H and O–H groups in total. The molecule has 1 aromatic heterocycles. The number of aromatic nitrogens is 2. The molecule has 1 unspecified atom stereocenters. The van der Waals surface area contributed by atoms with Gasteiger partial charge in [0.2, 0.25) is 5.91 Å². The minimum atomic E-state index is 0.246. The van der Waals surface area contributed by atoms with Crippen LogP contribution >= 0.6 is 12.6 Å². The summed E-state index contributed by atoms with van der Waals surface area (Å²) in [7, 11) is 0. The molecule has 0 radical (unpaired) electrons. The van der Waals surface area contributed by atoms with Gasteiger partial charge in [0.15, 0.2) is 0 Å². The van der Waals surface area contributed by atoms with E-state index in [2.05, 4.69) is 22.6 Å². The Morgan fingerprint density at radius 3 is 2.81 bits per heavy atom. The number of amides is 1. The van der Waals surface area contributed by atoms with Crippen molar-refractivity contribution >= 4 is 18.5 Å². The van der Waals surface area contributed by atoms with E-state index in [0.29, 0.717) is 12.3 Å². The van der Waals surface area contributed by atoms with E-state index in [0.717, 1.165) is 30.8 Å². The third kappa shape index (κ3) is 2.72. The maximum atomic E-state index is 11.6. The van der Waals surface area contributed by atoms with Crippen LogP contribution in [-0.4, -0.2) is 39.6 Å². The molecule has 1 aliphatic rings. The molecule has 2 heterocycles. The lowest BCUT2D eigenvalue weighted by atomic mass is 10.1. The lowest BCUT2D eigenvalue weighted by molar-refractivity contribution is -0.127. The van der Waals surface area contributed by atoms with Crippen LogP contribution in [0.5, 0.6) is 0 Å². The summed E-state index contributed by atoms with van der Waals surface area (Å²) in [6, 6.07) is 0. The summed E-state index contributed by atoms with van der Waals surface area (Å²) in [5.41, 5.74) is 1.07. The van der Waals surface area contributed by atoms with Crippen LogP contribution in [0.3, 0.4) is 0 Å². The Hall–Kier alpha value is -1.10. The Balaban J connectivity index is 1.85. The van der Waals surface area contributed by atoms with Crippen LogP contribution in [0.1, 0.15) is 12.0 Å². The van der Waals surface area contributed by atoms with Crippen molar-refractivity contribution < 1.29 is 4.79 Å². The molecule has 86 valence electrons. The fourth-order valence-corrected chi connectivity index (χ4v) is 2.16. The van der Waals surface area contributed by atoms with E-state index in [9.17, 15) is 4.79 Å². The van der Waals surface area contributed by atoms with Crippen molar-refractivity contribution in [1.82, 2.24) is 14.9 Å². The number of rotatable bonds is 4. The molecule has 0 bridgehead atoms. The van der Waals surface area contributed by atoms with Crippen LogP contribution in [0.4, 0.5) is 0 Å². The molecule has 1 atom stereocenters. The third-order valence-corrected chi connectivity index (χ3v) is 3.35. The van der Waals surface area contributed by atoms with Gasteiger partial charge in [-0.1, -0.05) is 0 Å². The van der Waals surface area contributed by atoms with Crippen molar-refractivity contribution in [2.24, 2.45) is 5.92 Å². The molecule has 5 heteroatoms. The highest BCUT2D eigenvalue weighted by atomic mass is 32.1. The summed E-state index contributed by atoms with van der Waals surface area (Å²) in [6.45, 7) is 1.60. The lowest BCUT2D eigenvalue weighted by Gasteiger charge is -2.15. The first-order chi connectivity index (χ1) is 7.79. The standard InChI is InChI=1S/C11H15N3OS/c15-11-3-10(7-16)6-14(11)2-1-9-4-12-8-13-5-9/h4-5,8,10,16H,1-3,6-7H2. The number of likely N-dealkylation sites (tertiary alicyclic amines) is 1. The normalized spacial score (nSPS) is 20.4. The molecule has 0 aliphatic carbocycles. The first-order valence-corrected chi connectivity index (χ1v) is 6.05. The summed E-state index contributed by atoms with van der Waals surface area (Å²) in [5.74, 6) is 1.45. The van der Waals surface area contributed by atoms with Crippen molar-refractivity contribution in [1.29, 1.82) is 0 Å². The number of hydrogen-bond donors (Lipinski definition) is 1. The average molecular weight is 237 g/mol. The molecule has 0 aromatic carbocycles. The second-order valence-corrected chi connectivity index (χ2v) is 4.45. The highest BCUT2D eigenvalue weighted by molar-refractivity contribution is 7.80. The van der Waals surface area contributed by atoms with Crippen molar-refractivity contribution in [3.8, 4) is 0 Å². The van der Waals surface area contributed by atoms with E-state index in [1.54, 1.807) is 12.4 Å². The Kier molecular flexibility index (Phi) is 3.77. The van der Waals surface area contributed by atoms with Crippen LogP contribution in [0, 0.1) is 5.92 Å². The molecule has 4 nitrogen and oxygen atoms in total. The van der Waals surface area contributed by atoms with E-state index in [1.807, 2.05) is 4.90 Å². The number of hydrogen-bond acceptors (Lipinski definition) is 4. The molecule has 0 saturated carbocycles. The van der Waals surface area contributed by atoms with Gasteiger partial charge in [-0.2, -0.15) is 12.6 Å². The first-order valence-electron chi connectivity index (χ1n) is 5.42. The lowest BCUT2D eigenvalue weighted by Crippen LogP contribution is -2.27. The van der Waals surface area contributed by atoms with Gasteiger partial charge in [0.05, 0.1) is 0 Å². The Labute approximate surface area is 100 Å². The first kappa shape index (κ1) is 11.4. The number of carbonyl (C=O) groups is 1. The van der Waals surface area contributed by atoms with Crippen LogP contribution in [0.15, 0.2) is 18.7 Å². The fraction of sp³-hybridized carbons (Fsp3) is 0.545. The van der Waals surface area contributed by atoms with Gasteiger partial charge in [0, 0.05) is 31.9 Å².